The molecule has 2 N–H and O–H groups in total. The number of pyridine rings is 1. The summed E-state index contributed by atoms with van der Waals surface area (Å²) in [6.45, 7) is 8.27. The van der Waals surface area contributed by atoms with Crippen molar-refractivity contribution in [2.75, 3.05) is 23.3 Å². The number of aryl methyl sites for hydroxylation is 1. The number of hydrogen-bond donors (Lipinski definition) is 2. The van der Waals surface area contributed by atoms with Crippen LogP contribution in [0, 0.1) is 18.8 Å². The molecule has 0 bridgehead atoms. The number of aromatic carboxylic acids is 1. The minimum atomic E-state index is -1.17. The van der Waals surface area contributed by atoms with Crippen molar-refractivity contribution in [3.63, 3.8) is 0 Å². The first-order valence-corrected chi connectivity index (χ1v) is 11.6. The minimum Gasteiger partial charge on any atom is -0.476 e. The van der Waals surface area contributed by atoms with E-state index in [9.17, 15) is 14.7 Å². The molecule has 0 spiro atoms. The fourth-order valence-corrected chi connectivity index (χ4v) is 5.08. The van der Waals surface area contributed by atoms with Gasteiger partial charge in [0.1, 0.15) is 5.15 Å². The van der Waals surface area contributed by atoms with Gasteiger partial charge in [0.2, 0.25) is 5.95 Å². The summed E-state index contributed by atoms with van der Waals surface area (Å²) in [5.41, 5.74) is 2.58. The lowest BCUT2D eigenvalue weighted by Crippen LogP contribution is -2.32. The molecule has 1 aliphatic heterocycles. The van der Waals surface area contributed by atoms with Crippen LogP contribution in [0.3, 0.4) is 0 Å². The van der Waals surface area contributed by atoms with Gasteiger partial charge in [0.15, 0.2) is 5.69 Å². The van der Waals surface area contributed by atoms with E-state index in [0.717, 1.165) is 30.2 Å². The van der Waals surface area contributed by atoms with Crippen LogP contribution in [0.1, 0.15) is 47.9 Å². The molecule has 1 aromatic carbocycles. The number of hydrogen-bond acceptors (Lipinski definition) is 6. The Kier molecular flexibility index (Phi) is 5.28. The predicted molar refractivity (Wildman–Crippen MR) is 128 cm³/mol. The van der Waals surface area contributed by atoms with Crippen LogP contribution in [0.15, 0.2) is 29.1 Å². The third-order valence-corrected chi connectivity index (χ3v) is 6.90. The highest BCUT2D eigenvalue weighted by molar-refractivity contribution is 6.29. The quantitative estimate of drug-likeness (QED) is 0.526. The summed E-state index contributed by atoms with van der Waals surface area (Å²) >= 11 is 5.90. The van der Waals surface area contributed by atoms with E-state index in [1.165, 1.54) is 6.42 Å². The number of fused-ring (bicyclic) bond motifs is 2. The molecule has 3 aromatic rings. The minimum absolute atomic E-state index is 0.0467. The second-order valence-corrected chi connectivity index (χ2v) is 9.46. The highest BCUT2D eigenvalue weighted by atomic mass is 35.5. The molecule has 1 aliphatic carbocycles. The van der Waals surface area contributed by atoms with E-state index in [0.29, 0.717) is 35.0 Å². The van der Waals surface area contributed by atoms with Crippen LogP contribution < -0.4 is 15.8 Å². The molecule has 9 heteroatoms. The van der Waals surface area contributed by atoms with Crippen molar-refractivity contribution in [2.45, 2.75) is 39.8 Å². The SMILES string of the molecule is CCn1c(N2CC3CC3C2)nc2c([C@@H](C)Nc3ccc(Cl)nc3C(=O)O)cc(C)cc2c1=O. The number of rotatable bonds is 6. The molecule has 172 valence electrons. The Balaban J connectivity index is 1.61. The number of carboxylic acids is 1. The summed E-state index contributed by atoms with van der Waals surface area (Å²) in [5.74, 6) is 0.986. The van der Waals surface area contributed by atoms with Gasteiger partial charge in [-0.25, -0.2) is 14.8 Å². The van der Waals surface area contributed by atoms with Crippen molar-refractivity contribution >= 4 is 40.1 Å². The number of nitrogens with one attached hydrogen (secondary N) is 1. The Morgan fingerprint density at radius 1 is 1.27 bits per heavy atom. The number of aromatic nitrogens is 3. The van der Waals surface area contributed by atoms with Gasteiger partial charge < -0.3 is 15.3 Å². The van der Waals surface area contributed by atoms with Crippen LogP contribution in [-0.2, 0) is 6.54 Å². The van der Waals surface area contributed by atoms with Crippen LogP contribution in [0.5, 0.6) is 0 Å². The van der Waals surface area contributed by atoms with E-state index in [4.69, 9.17) is 16.6 Å². The van der Waals surface area contributed by atoms with E-state index < -0.39 is 5.97 Å². The van der Waals surface area contributed by atoms with Crippen molar-refractivity contribution in [3.05, 3.63) is 56.6 Å². The maximum absolute atomic E-state index is 13.5. The Morgan fingerprint density at radius 3 is 2.67 bits per heavy atom. The van der Waals surface area contributed by atoms with Gasteiger partial charge in [-0.3, -0.25) is 9.36 Å². The van der Waals surface area contributed by atoms with Crippen molar-refractivity contribution in [3.8, 4) is 0 Å². The average Bonchev–Trinajstić information content (AvgIpc) is 3.39. The van der Waals surface area contributed by atoms with Crippen molar-refractivity contribution < 1.29 is 9.90 Å². The molecule has 2 aliphatic rings. The molecule has 3 atom stereocenters. The number of benzene rings is 1. The summed E-state index contributed by atoms with van der Waals surface area (Å²) in [4.78, 5) is 36.3. The summed E-state index contributed by atoms with van der Waals surface area (Å²) in [6.07, 6.45) is 1.27. The normalized spacial score (nSPS) is 20.1. The number of carboxylic acid groups (broad SMARTS) is 1. The van der Waals surface area contributed by atoms with Gasteiger partial charge in [0, 0.05) is 25.2 Å². The second-order valence-electron chi connectivity index (χ2n) is 9.07. The topological polar surface area (TPSA) is 100 Å². The van der Waals surface area contributed by atoms with Gasteiger partial charge >= 0.3 is 5.97 Å². The first-order chi connectivity index (χ1) is 15.8. The van der Waals surface area contributed by atoms with E-state index in [-0.39, 0.29) is 22.4 Å². The largest absolute Gasteiger partial charge is 0.476 e. The van der Waals surface area contributed by atoms with Crippen molar-refractivity contribution in [2.24, 2.45) is 11.8 Å². The zero-order valence-electron chi connectivity index (χ0n) is 18.8. The molecule has 1 saturated heterocycles. The first kappa shape index (κ1) is 21.7. The standard InChI is InChI=1S/C24H26ClN5O3/c1-4-30-22(31)17-8-12(2)7-16(20(17)28-24(30)29-10-14-9-15(14)11-29)13(3)26-18-5-6-19(25)27-21(18)23(32)33/h5-8,13-15,26H,4,9-11H2,1-3H3,(H,32,33)/t13-,14?,15?/m1/s1. The Hall–Kier alpha value is -3.13. The smallest absolute Gasteiger partial charge is 0.356 e. The number of carbonyl (C=O) groups is 1. The van der Waals surface area contributed by atoms with Crippen molar-refractivity contribution in [1.29, 1.82) is 0 Å². The molecule has 5 rings (SSSR count). The molecule has 0 amide bonds. The molecule has 2 aromatic heterocycles. The second kappa shape index (κ2) is 8.02. The van der Waals surface area contributed by atoms with Gasteiger partial charge in [-0.05, 0) is 62.8 Å². The summed E-state index contributed by atoms with van der Waals surface area (Å²) in [7, 11) is 0. The van der Waals surface area contributed by atoms with Crippen LogP contribution >= 0.6 is 11.6 Å². The molecule has 33 heavy (non-hydrogen) atoms. The molecule has 2 fully saturated rings. The van der Waals surface area contributed by atoms with Crippen LogP contribution in [0.4, 0.5) is 11.6 Å². The summed E-state index contributed by atoms with van der Waals surface area (Å²) < 4.78 is 1.76. The lowest BCUT2D eigenvalue weighted by molar-refractivity contribution is 0.0691. The fourth-order valence-electron chi connectivity index (χ4n) is 4.94. The van der Waals surface area contributed by atoms with E-state index in [2.05, 4.69) is 15.2 Å². The van der Waals surface area contributed by atoms with E-state index in [1.54, 1.807) is 16.7 Å². The number of halogens is 1. The summed E-state index contributed by atoms with van der Waals surface area (Å²) in [6, 6.07) is 6.71. The highest BCUT2D eigenvalue weighted by Gasteiger charge is 2.46. The van der Waals surface area contributed by atoms with Gasteiger partial charge in [0.05, 0.1) is 22.6 Å². The molecule has 1 saturated carbocycles. The first-order valence-electron chi connectivity index (χ1n) is 11.2. The third kappa shape index (κ3) is 3.82. The molecular formula is C24H26ClN5O3. The van der Waals surface area contributed by atoms with E-state index >= 15 is 0 Å². The van der Waals surface area contributed by atoms with Gasteiger partial charge in [0.25, 0.3) is 5.56 Å². The Bertz CT molecular complexity index is 1330. The molecule has 8 nitrogen and oxygen atoms in total. The fraction of sp³-hybridized carbons (Fsp3) is 0.417. The molecular weight excluding hydrogens is 442 g/mol. The van der Waals surface area contributed by atoms with Crippen molar-refractivity contribution in [1.82, 2.24) is 14.5 Å². The molecule has 2 unspecified atom stereocenters. The Labute approximate surface area is 196 Å². The lowest BCUT2D eigenvalue weighted by Gasteiger charge is -2.25. The Morgan fingerprint density at radius 2 is 2.00 bits per heavy atom. The van der Waals surface area contributed by atoms with E-state index in [1.807, 2.05) is 32.9 Å². The highest BCUT2D eigenvalue weighted by Crippen LogP contribution is 2.46. The van der Waals surface area contributed by atoms with Gasteiger partial charge in [-0.2, -0.15) is 0 Å². The maximum atomic E-state index is 13.5. The number of anilines is 2. The molecule has 3 heterocycles. The van der Waals surface area contributed by atoms with Crippen LogP contribution in [0.25, 0.3) is 10.9 Å². The third-order valence-electron chi connectivity index (χ3n) is 6.69. The maximum Gasteiger partial charge on any atom is 0.356 e. The zero-order valence-corrected chi connectivity index (χ0v) is 19.6. The van der Waals surface area contributed by atoms with Gasteiger partial charge in [-0.15, -0.1) is 0 Å². The molecule has 0 radical (unpaired) electrons. The zero-order chi connectivity index (χ0) is 23.4. The average molecular weight is 468 g/mol. The lowest BCUT2D eigenvalue weighted by atomic mass is 10.0. The van der Waals surface area contributed by atoms with Crippen LogP contribution in [-0.4, -0.2) is 38.7 Å². The van der Waals surface area contributed by atoms with Gasteiger partial charge in [-0.1, -0.05) is 17.7 Å². The number of piperidine rings is 1. The van der Waals surface area contributed by atoms with Crippen LogP contribution in [0.2, 0.25) is 5.15 Å². The predicted octanol–water partition coefficient (Wildman–Crippen LogP) is 4.10. The number of nitrogens with zero attached hydrogens (tertiary/aromatic N) is 4. The summed E-state index contributed by atoms with van der Waals surface area (Å²) in [5, 5.41) is 13.5. The monoisotopic (exact) mass is 467 g/mol.